The van der Waals surface area contributed by atoms with Crippen LogP contribution in [-0.4, -0.2) is 72.4 Å². The molecular weight excluding hydrogens is 304 g/mol. The minimum Gasteiger partial charge on any atom is -0.380 e. The van der Waals surface area contributed by atoms with Crippen molar-refractivity contribution >= 4 is 5.91 Å². The quantitative estimate of drug-likeness (QED) is 0.833. The number of rotatable bonds is 5. The molecule has 1 amide bonds. The standard InChI is InChI=1S/C19H34N2O3/c22-18-19(23,16-20-10-5-14-24-15-13-20)9-4-11-21(18)12-8-17-6-2-1-3-7-17/h17,23H,1-16H2/t19-/m1/s1. The van der Waals surface area contributed by atoms with E-state index in [1.165, 1.54) is 32.1 Å². The highest BCUT2D eigenvalue weighted by Crippen LogP contribution is 2.29. The van der Waals surface area contributed by atoms with Crippen LogP contribution in [0, 0.1) is 5.92 Å². The molecule has 3 rings (SSSR count). The van der Waals surface area contributed by atoms with Crippen LogP contribution in [0.4, 0.5) is 0 Å². The van der Waals surface area contributed by atoms with Crippen LogP contribution >= 0.6 is 0 Å². The van der Waals surface area contributed by atoms with Crippen molar-refractivity contribution in [3.8, 4) is 0 Å². The molecule has 2 heterocycles. The molecule has 138 valence electrons. The summed E-state index contributed by atoms with van der Waals surface area (Å²) in [6.07, 6.45) is 10.3. The normalized spacial score (nSPS) is 31.2. The second-order valence-corrected chi connectivity index (χ2v) is 7.96. The Morgan fingerprint density at radius 1 is 1.04 bits per heavy atom. The third-order valence-corrected chi connectivity index (χ3v) is 6.04. The summed E-state index contributed by atoms with van der Waals surface area (Å²) in [6.45, 7) is 5.34. The summed E-state index contributed by atoms with van der Waals surface area (Å²) >= 11 is 0. The maximum atomic E-state index is 12.9. The Kier molecular flexibility index (Phi) is 6.53. The maximum absolute atomic E-state index is 12.9. The van der Waals surface area contributed by atoms with E-state index in [2.05, 4.69) is 4.90 Å². The molecule has 0 aromatic heterocycles. The highest BCUT2D eigenvalue weighted by Gasteiger charge is 2.43. The number of β-amino-alcohol motifs (C(OH)–C–C–N with tert-alkyl or cyclic N) is 1. The zero-order chi connectivity index (χ0) is 16.8. The Hall–Kier alpha value is -0.650. The lowest BCUT2D eigenvalue weighted by Gasteiger charge is -2.41. The SMILES string of the molecule is O=C1N(CCC2CCCCC2)CCC[C@@]1(O)CN1CCCOCC1. The van der Waals surface area contributed by atoms with E-state index in [1.807, 2.05) is 4.90 Å². The van der Waals surface area contributed by atoms with E-state index in [0.717, 1.165) is 58.0 Å². The molecule has 1 aliphatic carbocycles. The predicted octanol–water partition coefficient (Wildman–Crippen LogP) is 2.03. The minimum atomic E-state index is -1.19. The number of amides is 1. The Balaban J connectivity index is 1.52. The second-order valence-electron chi connectivity index (χ2n) is 7.96. The predicted molar refractivity (Wildman–Crippen MR) is 93.8 cm³/mol. The van der Waals surface area contributed by atoms with Crippen LogP contribution in [0.15, 0.2) is 0 Å². The summed E-state index contributed by atoms with van der Waals surface area (Å²) in [6, 6.07) is 0. The Morgan fingerprint density at radius 2 is 1.88 bits per heavy atom. The molecule has 3 aliphatic rings. The third-order valence-electron chi connectivity index (χ3n) is 6.04. The van der Waals surface area contributed by atoms with Gasteiger partial charge in [-0.2, -0.15) is 0 Å². The lowest BCUT2D eigenvalue weighted by atomic mass is 9.86. The zero-order valence-corrected chi connectivity index (χ0v) is 15.0. The molecule has 0 unspecified atom stereocenters. The molecule has 0 radical (unpaired) electrons. The molecule has 5 nitrogen and oxygen atoms in total. The summed E-state index contributed by atoms with van der Waals surface area (Å²) < 4.78 is 5.48. The van der Waals surface area contributed by atoms with Gasteiger partial charge in [0.1, 0.15) is 0 Å². The molecule has 0 aromatic rings. The number of carbonyl (C=O) groups is 1. The molecule has 1 atom stereocenters. The summed E-state index contributed by atoms with van der Waals surface area (Å²) in [5, 5.41) is 11.0. The van der Waals surface area contributed by atoms with Crippen LogP contribution in [0.3, 0.4) is 0 Å². The Bertz CT molecular complexity index is 403. The van der Waals surface area contributed by atoms with Gasteiger partial charge in [-0.25, -0.2) is 0 Å². The highest BCUT2D eigenvalue weighted by atomic mass is 16.5. The summed E-state index contributed by atoms with van der Waals surface area (Å²) in [7, 11) is 0. The van der Waals surface area contributed by atoms with Crippen molar-refractivity contribution < 1.29 is 14.6 Å². The number of piperidine rings is 1. The summed E-state index contributed by atoms with van der Waals surface area (Å²) in [5.41, 5.74) is -1.19. The van der Waals surface area contributed by atoms with Crippen LogP contribution in [0.25, 0.3) is 0 Å². The van der Waals surface area contributed by atoms with Gasteiger partial charge in [0.05, 0.1) is 6.61 Å². The van der Waals surface area contributed by atoms with Crippen molar-refractivity contribution in [2.75, 3.05) is 45.9 Å². The highest BCUT2D eigenvalue weighted by molar-refractivity contribution is 5.86. The first-order chi connectivity index (χ1) is 11.7. The van der Waals surface area contributed by atoms with E-state index >= 15 is 0 Å². The van der Waals surface area contributed by atoms with Crippen molar-refractivity contribution in [1.29, 1.82) is 0 Å². The van der Waals surface area contributed by atoms with Crippen molar-refractivity contribution in [2.45, 2.75) is 63.4 Å². The first-order valence-corrected chi connectivity index (χ1v) is 9.99. The molecule has 0 spiro atoms. The Morgan fingerprint density at radius 3 is 2.71 bits per heavy atom. The fourth-order valence-corrected chi connectivity index (χ4v) is 4.57. The first-order valence-electron chi connectivity index (χ1n) is 9.99. The van der Waals surface area contributed by atoms with Gasteiger partial charge < -0.3 is 14.7 Å². The van der Waals surface area contributed by atoms with E-state index in [-0.39, 0.29) is 5.91 Å². The monoisotopic (exact) mass is 338 g/mol. The van der Waals surface area contributed by atoms with Gasteiger partial charge in [0, 0.05) is 39.3 Å². The summed E-state index contributed by atoms with van der Waals surface area (Å²) in [4.78, 5) is 17.0. The van der Waals surface area contributed by atoms with Gasteiger partial charge in [-0.3, -0.25) is 9.69 Å². The van der Waals surface area contributed by atoms with Crippen LogP contribution < -0.4 is 0 Å². The second kappa shape index (κ2) is 8.63. The lowest BCUT2D eigenvalue weighted by molar-refractivity contribution is -0.159. The number of carbonyl (C=O) groups excluding carboxylic acids is 1. The molecule has 24 heavy (non-hydrogen) atoms. The summed E-state index contributed by atoms with van der Waals surface area (Å²) in [5.74, 6) is 0.749. The Labute approximate surface area is 146 Å². The van der Waals surface area contributed by atoms with E-state index in [4.69, 9.17) is 4.74 Å². The molecule has 0 aromatic carbocycles. The number of hydrogen-bond acceptors (Lipinski definition) is 4. The molecule has 2 aliphatic heterocycles. The fourth-order valence-electron chi connectivity index (χ4n) is 4.57. The van der Waals surface area contributed by atoms with Crippen LogP contribution in [0.1, 0.15) is 57.8 Å². The van der Waals surface area contributed by atoms with Crippen molar-refractivity contribution in [3.05, 3.63) is 0 Å². The third kappa shape index (κ3) is 4.70. The molecule has 5 heteroatoms. The molecule has 3 fully saturated rings. The number of hydrogen-bond donors (Lipinski definition) is 1. The largest absolute Gasteiger partial charge is 0.380 e. The van der Waals surface area contributed by atoms with Crippen LogP contribution in [0.2, 0.25) is 0 Å². The minimum absolute atomic E-state index is 0.0327. The molecule has 0 bridgehead atoms. The van der Waals surface area contributed by atoms with Crippen LogP contribution in [-0.2, 0) is 9.53 Å². The van der Waals surface area contributed by atoms with Gasteiger partial charge in [-0.1, -0.05) is 32.1 Å². The van der Waals surface area contributed by atoms with Crippen molar-refractivity contribution in [3.63, 3.8) is 0 Å². The van der Waals surface area contributed by atoms with Gasteiger partial charge >= 0.3 is 0 Å². The van der Waals surface area contributed by atoms with E-state index in [1.54, 1.807) is 0 Å². The van der Waals surface area contributed by atoms with Gasteiger partial charge in [0.2, 0.25) is 0 Å². The van der Waals surface area contributed by atoms with Crippen molar-refractivity contribution in [1.82, 2.24) is 9.80 Å². The first kappa shape index (κ1) is 18.2. The molecule has 1 N–H and O–H groups in total. The molecular formula is C19H34N2O3. The average Bonchev–Trinajstić information content (AvgIpc) is 2.86. The van der Waals surface area contributed by atoms with Crippen molar-refractivity contribution in [2.24, 2.45) is 5.92 Å². The molecule has 2 saturated heterocycles. The van der Waals surface area contributed by atoms with E-state index in [0.29, 0.717) is 19.6 Å². The number of likely N-dealkylation sites (tertiary alicyclic amines) is 1. The lowest BCUT2D eigenvalue weighted by Crippen LogP contribution is -2.59. The number of nitrogens with zero attached hydrogens (tertiary/aromatic N) is 2. The van der Waals surface area contributed by atoms with E-state index in [9.17, 15) is 9.90 Å². The maximum Gasteiger partial charge on any atom is 0.255 e. The average molecular weight is 338 g/mol. The van der Waals surface area contributed by atoms with Crippen LogP contribution in [0.5, 0.6) is 0 Å². The number of ether oxygens (including phenoxy) is 1. The zero-order valence-electron chi connectivity index (χ0n) is 15.0. The van der Waals surface area contributed by atoms with Gasteiger partial charge in [-0.05, 0) is 31.6 Å². The topological polar surface area (TPSA) is 53.0 Å². The van der Waals surface area contributed by atoms with Gasteiger partial charge in [-0.15, -0.1) is 0 Å². The van der Waals surface area contributed by atoms with E-state index < -0.39 is 5.60 Å². The molecule has 1 saturated carbocycles. The smallest absolute Gasteiger partial charge is 0.255 e. The fraction of sp³-hybridized carbons (Fsp3) is 0.947. The van der Waals surface area contributed by atoms with Gasteiger partial charge in [0.25, 0.3) is 5.91 Å². The van der Waals surface area contributed by atoms with Gasteiger partial charge in [0.15, 0.2) is 5.60 Å². The number of aliphatic hydroxyl groups is 1.